The lowest BCUT2D eigenvalue weighted by atomic mass is 10.2. The first-order valence-corrected chi connectivity index (χ1v) is 7.14. The summed E-state index contributed by atoms with van der Waals surface area (Å²) in [6.07, 6.45) is 1.95. The molecule has 0 heterocycles. The SMILES string of the molecule is CSC(C)(C)CNC(=O)Nc1ccc(C(=O)O)cc1O. The lowest BCUT2D eigenvalue weighted by Gasteiger charge is -2.22. The van der Waals surface area contributed by atoms with E-state index >= 15 is 0 Å². The summed E-state index contributed by atoms with van der Waals surface area (Å²) in [5, 5.41) is 23.6. The van der Waals surface area contributed by atoms with Gasteiger partial charge in [0.05, 0.1) is 11.3 Å². The van der Waals surface area contributed by atoms with E-state index < -0.39 is 12.0 Å². The van der Waals surface area contributed by atoms with E-state index in [0.717, 1.165) is 6.07 Å². The number of anilines is 1. The smallest absolute Gasteiger partial charge is 0.335 e. The molecule has 1 aromatic rings. The Morgan fingerprint density at radius 1 is 1.35 bits per heavy atom. The highest BCUT2D eigenvalue weighted by Gasteiger charge is 2.17. The predicted molar refractivity (Wildman–Crippen MR) is 79.7 cm³/mol. The van der Waals surface area contributed by atoms with Crippen LogP contribution in [0.2, 0.25) is 0 Å². The van der Waals surface area contributed by atoms with Gasteiger partial charge in [-0.15, -0.1) is 0 Å². The average Bonchev–Trinajstić information content (AvgIpc) is 2.39. The normalized spacial score (nSPS) is 10.9. The van der Waals surface area contributed by atoms with Crippen LogP contribution in [-0.4, -0.2) is 39.8 Å². The van der Waals surface area contributed by atoms with Crippen molar-refractivity contribution in [3.8, 4) is 5.75 Å². The summed E-state index contributed by atoms with van der Waals surface area (Å²) < 4.78 is -0.0907. The van der Waals surface area contributed by atoms with Gasteiger partial charge in [-0.05, 0) is 38.3 Å². The second-order valence-electron chi connectivity index (χ2n) is 4.81. The number of phenols is 1. The van der Waals surface area contributed by atoms with Crippen LogP contribution in [0.3, 0.4) is 0 Å². The van der Waals surface area contributed by atoms with Crippen molar-refractivity contribution in [2.45, 2.75) is 18.6 Å². The molecule has 20 heavy (non-hydrogen) atoms. The largest absolute Gasteiger partial charge is 0.506 e. The Morgan fingerprint density at radius 2 is 2.00 bits per heavy atom. The van der Waals surface area contributed by atoms with E-state index in [9.17, 15) is 14.7 Å². The molecule has 0 saturated carbocycles. The number of aromatic hydroxyl groups is 1. The van der Waals surface area contributed by atoms with Crippen LogP contribution < -0.4 is 10.6 Å². The molecular weight excluding hydrogens is 280 g/mol. The lowest BCUT2D eigenvalue weighted by Crippen LogP contribution is -2.38. The van der Waals surface area contributed by atoms with Gasteiger partial charge in [-0.3, -0.25) is 0 Å². The molecule has 0 unspecified atom stereocenters. The number of carboxylic acids is 1. The quantitative estimate of drug-likeness (QED) is 0.625. The minimum atomic E-state index is -1.14. The molecule has 6 nitrogen and oxygen atoms in total. The van der Waals surface area contributed by atoms with E-state index in [2.05, 4.69) is 10.6 Å². The highest BCUT2D eigenvalue weighted by Crippen LogP contribution is 2.24. The fourth-order valence-electron chi connectivity index (χ4n) is 1.30. The van der Waals surface area contributed by atoms with Gasteiger partial charge in [0.25, 0.3) is 0 Å². The number of hydrogen-bond acceptors (Lipinski definition) is 4. The monoisotopic (exact) mass is 298 g/mol. The number of amides is 2. The average molecular weight is 298 g/mol. The van der Waals surface area contributed by atoms with Crippen LogP contribution in [0.4, 0.5) is 10.5 Å². The summed E-state index contributed by atoms with van der Waals surface area (Å²) in [4.78, 5) is 22.4. The number of phenolic OH excluding ortho intramolecular Hbond substituents is 1. The van der Waals surface area contributed by atoms with Crippen LogP contribution in [0.1, 0.15) is 24.2 Å². The van der Waals surface area contributed by atoms with Gasteiger partial charge in [-0.2, -0.15) is 11.8 Å². The zero-order chi connectivity index (χ0) is 15.3. The molecule has 7 heteroatoms. The van der Waals surface area contributed by atoms with E-state index in [4.69, 9.17) is 5.11 Å². The molecule has 110 valence electrons. The molecule has 1 rings (SSSR count). The number of aromatic carboxylic acids is 1. The highest BCUT2D eigenvalue weighted by molar-refractivity contribution is 7.99. The van der Waals surface area contributed by atoms with Crippen molar-refractivity contribution in [3.63, 3.8) is 0 Å². The maximum absolute atomic E-state index is 11.7. The summed E-state index contributed by atoms with van der Waals surface area (Å²) in [5.74, 6) is -1.43. The van der Waals surface area contributed by atoms with Gasteiger partial charge >= 0.3 is 12.0 Å². The van der Waals surface area contributed by atoms with Crippen molar-refractivity contribution < 1.29 is 19.8 Å². The van der Waals surface area contributed by atoms with Crippen molar-refractivity contribution in [2.75, 3.05) is 18.1 Å². The van der Waals surface area contributed by atoms with Gasteiger partial charge in [0, 0.05) is 11.3 Å². The first-order valence-electron chi connectivity index (χ1n) is 5.91. The Hall–Kier alpha value is -1.89. The van der Waals surface area contributed by atoms with Gasteiger partial charge < -0.3 is 20.8 Å². The fraction of sp³-hybridized carbons (Fsp3) is 0.385. The number of carbonyl (C=O) groups excluding carboxylic acids is 1. The van der Waals surface area contributed by atoms with Gasteiger partial charge in [0.15, 0.2) is 0 Å². The van der Waals surface area contributed by atoms with E-state index in [1.807, 2.05) is 20.1 Å². The molecule has 0 spiro atoms. The Morgan fingerprint density at radius 3 is 2.50 bits per heavy atom. The molecule has 1 aromatic carbocycles. The Bertz CT molecular complexity index is 517. The third kappa shape index (κ3) is 4.65. The molecule has 0 radical (unpaired) electrons. The molecule has 0 atom stereocenters. The maximum atomic E-state index is 11.7. The zero-order valence-electron chi connectivity index (χ0n) is 11.6. The van der Waals surface area contributed by atoms with Gasteiger partial charge in [-0.1, -0.05) is 0 Å². The van der Waals surface area contributed by atoms with Gasteiger partial charge in [0.2, 0.25) is 0 Å². The zero-order valence-corrected chi connectivity index (χ0v) is 12.4. The summed E-state index contributed by atoms with van der Waals surface area (Å²) in [7, 11) is 0. The van der Waals surface area contributed by atoms with Gasteiger partial charge in [-0.25, -0.2) is 9.59 Å². The Labute approximate surface area is 121 Å². The molecule has 0 bridgehead atoms. The van der Waals surface area contributed by atoms with Gasteiger partial charge in [0.1, 0.15) is 5.75 Å². The standard InChI is InChI=1S/C13H18N2O4S/c1-13(2,20-3)7-14-12(19)15-9-5-4-8(11(17)18)6-10(9)16/h4-6,16H,7H2,1-3H3,(H,17,18)(H2,14,15,19). The first-order chi connectivity index (χ1) is 9.25. The Kier molecular flexibility index (Phi) is 5.26. The molecule has 0 aliphatic heterocycles. The van der Waals surface area contributed by atoms with Crippen molar-refractivity contribution in [1.82, 2.24) is 5.32 Å². The minimum Gasteiger partial charge on any atom is -0.506 e. The van der Waals surface area contributed by atoms with Crippen LogP contribution in [0.25, 0.3) is 0 Å². The van der Waals surface area contributed by atoms with Crippen molar-refractivity contribution in [2.24, 2.45) is 0 Å². The minimum absolute atomic E-state index is 0.0445. The number of carbonyl (C=O) groups is 2. The third-order valence-corrected chi connectivity index (χ3v) is 3.97. The van der Waals surface area contributed by atoms with Crippen molar-refractivity contribution in [1.29, 1.82) is 0 Å². The van der Waals surface area contributed by atoms with Crippen LogP contribution in [0.15, 0.2) is 18.2 Å². The summed E-state index contributed by atoms with van der Waals surface area (Å²) in [6, 6.07) is 3.29. The molecule has 0 aliphatic carbocycles. The fourth-order valence-corrected chi connectivity index (χ4v) is 1.52. The molecule has 0 fully saturated rings. The van der Waals surface area contributed by atoms with E-state index in [1.165, 1.54) is 12.1 Å². The van der Waals surface area contributed by atoms with Crippen LogP contribution in [0, 0.1) is 0 Å². The highest BCUT2D eigenvalue weighted by atomic mass is 32.2. The number of carboxylic acid groups (broad SMARTS) is 1. The number of thioether (sulfide) groups is 1. The molecule has 2 amide bonds. The van der Waals surface area contributed by atoms with E-state index in [-0.39, 0.29) is 21.7 Å². The summed E-state index contributed by atoms with van der Waals surface area (Å²) in [6.45, 7) is 4.46. The number of rotatable bonds is 5. The van der Waals surface area contributed by atoms with Crippen molar-refractivity contribution in [3.05, 3.63) is 23.8 Å². The number of urea groups is 1. The van der Waals surface area contributed by atoms with E-state index in [1.54, 1.807) is 11.8 Å². The maximum Gasteiger partial charge on any atom is 0.335 e. The van der Waals surface area contributed by atoms with Crippen LogP contribution in [0.5, 0.6) is 5.75 Å². The first kappa shape index (κ1) is 16.2. The lowest BCUT2D eigenvalue weighted by molar-refractivity contribution is 0.0696. The third-order valence-electron chi connectivity index (χ3n) is 2.72. The second-order valence-corrected chi connectivity index (χ2v) is 6.32. The molecular formula is C13H18N2O4S. The second kappa shape index (κ2) is 6.51. The molecule has 0 saturated heterocycles. The van der Waals surface area contributed by atoms with Crippen molar-refractivity contribution >= 4 is 29.4 Å². The summed E-state index contributed by atoms with van der Waals surface area (Å²) in [5.41, 5.74) is 0.117. The van der Waals surface area contributed by atoms with E-state index in [0.29, 0.717) is 6.54 Å². The number of nitrogens with one attached hydrogen (secondary N) is 2. The number of benzene rings is 1. The van der Waals surface area contributed by atoms with Crippen LogP contribution in [-0.2, 0) is 0 Å². The Balaban J connectivity index is 2.65. The van der Waals surface area contributed by atoms with Crippen LogP contribution >= 0.6 is 11.8 Å². The summed E-state index contributed by atoms with van der Waals surface area (Å²) >= 11 is 1.63. The predicted octanol–water partition coefficient (Wildman–Crippen LogP) is 2.35. The molecule has 4 N–H and O–H groups in total. The number of hydrogen-bond donors (Lipinski definition) is 4. The molecule has 0 aliphatic rings. The topological polar surface area (TPSA) is 98.7 Å². The molecule has 0 aromatic heterocycles.